The Bertz CT molecular complexity index is 641. The highest BCUT2D eigenvalue weighted by Gasteiger charge is 2.38. The third kappa shape index (κ3) is 2.74. The molecule has 104 valence electrons. The molecule has 1 atom stereocenters. The summed E-state index contributed by atoms with van der Waals surface area (Å²) in [5.41, 5.74) is 0.979. The number of halogens is 1. The quantitative estimate of drug-likeness (QED) is 0.555. The van der Waals surface area contributed by atoms with E-state index < -0.39 is 0 Å². The van der Waals surface area contributed by atoms with Crippen molar-refractivity contribution in [3.63, 3.8) is 0 Å². The molecule has 0 aromatic heterocycles. The molecule has 0 spiro atoms. The lowest BCUT2D eigenvalue weighted by molar-refractivity contribution is -0.0228. The first-order chi connectivity index (χ1) is 9.46. The number of rotatable bonds is 1. The van der Waals surface area contributed by atoms with Crippen LogP contribution in [0.5, 0.6) is 0 Å². The van der Waals surface area contributed by atoms with Gasteiger partial charge in [-0.2, -0.15) is 0 Å². The first kappa shape index (κ1) is 14.4. The maximum atomic E-state index is 6.15. The predicted molar refractivity (Wildman–Crippen MR) is 92.4 cm³/mol. The highest BCUT2D eigenvalue weighted by molar-refractivity contribution is 14.1. The van der Waals surface area contributed by atoms with Gasteiger partial charge in [0.05, 0.1) is 5.60 Å². The lowest BCUT2D eigenvalue weighted by atomic mass is 9.73. The summed E-state index contributed by atoms with van der Waals surface area (Å²) in [6.45, 7) is 6.38. The molecule has 1 saturated heterocycles. The van der Waals surface area contributed by atoms with Crippen LogP contribution in [-0.4, -0.2) is 18.8 Å². The van der Waals surface area contributed by atoms with Crippen molar-refractivity contribution in [1.82, 2.24) is 0 Å². The van der Waals surface area contributed by atoms with Crippen molar-refractivity contribution in [1.29, 1.82) is 0 Å². The number of benzene rings is 2. The standard InChI is InChI=1S/C16H18BIO2/c1-11-10-16(2,3)20-17(19-11)14-8-4-7-13-12(14)6-5-9-15(13)18/h4-9,11H,10H2,1-3H3. The van der Waals surface area contributed by atoms with Gasteiger partial charge >= 0.3 is 7.12 Å². The van der Waals surface area contributed by atoms with E-state index in [1.807, 2.05) is 0 Å². The van der Waals surface area contributed by atoms with Crippen LogP contribution in [0.3, 0.4) is 0 Å². The second-order valence-corrected chi connectivity index (χ2v) is 7.20. The summed E-state index contributed by atoms with van der Waals surface area (Å²) in [5, 5.41) is 2.48. The lowest BCUT2D eigenvalue weighted by Gasteiger charge is -2.38. The molecule has 1 heterocycles. The van der Waals surface area contributed by atoms with Crippen LogP contribution in [0.25, 0.3) is 10.8 Å². The summed E-state index contributed by atoms with van der Waals surface area (Å²) in [7, 11) is -0.282. The smallest absolute Gasteiger partial charge is 0.405 e. The minimum absolute atomic E-state index is 0.146. The largest absolute Gasteiger partial charge is 0.495 e. The van der Waals surface area contributed by atoms with Gasteiger partial charge in [0.25, 0.3) is 0 Å². The zero-order valence-corrected chi connectivity index (χ0v) is 14.2. The van der Waals surface area contributed by atoms with Crippen molar-refractivity contribution in [2.24, 2.45) is 0 Å². The zero-order valence-electron chi connectivity index (χ0n) is 12.0. The van der Waals surface area contributed by atoms with E-state index >= 15 is 0 Å². The Morgan fingerprint density at radius 2 is 1.85 bits per heavy atom. The minimum Gasteiger partial charge on any atom is -0.405 e. The number of hydrogen-bond acceptors (Lipinski definition) is 2. The minimum atomic E-state index is -0.282. The molecule has 2 aromatic rings. The van der Waals surface area contributed by atoms with Crippen molar-refractivity contribution < 1.29 is 9.31 Å². The van der Waals surface area contributed by atoms with E-state index in [9.17, 15) is 0 Å². The normalized spacial score (nSPS) is 22.2. The van der Waals surface area contributed by atoms with Gasteiger partial charge in [-0.05, 0) is 72.1 Å². The molecule has 3 rings (SSSR count). The Balaban J connectivity index is 2.08. The lowest BCUT2D eigenvalue weighted by Crippen LogP contribution is -2.51. The van der Waals surface area contributed by atoms with Gasteiger partial charge in [-0.25, -0.2) is 0 Å². The summed E-state index contributed by atoms with van der Waals surface area (Å²) in [6.07, 6.45) is 1.13. The molecule has 0 bridgehead atoms. The highest BCUT2D eigenvalue weighted by Crippen LogP contribution is 2.27. The zero-order chi connectivity index (χ0) is 14.3. The first-order valence-electron chi connectivity index (χ1n) is 6.97. The molecule has 1 fully saturated rings. The highest BCUT2D eigenvalue weighted by atomic mass is 127. The molecule has 2 nitrogen and oxygen atoms in total. The van der Waals surface area contributed by atoms with Crippen LogP contribution < -0.4 is 5.46 Å². The van der Waals surface area contributed by atoms with E-state index in [4.69, 9.17) is 9.31 Å². The van der Waals surface area contributed by atoms with Gasteiger partial charge in [0.2, 0.25) is 0 Å². The molecule has 2 aromatic carbocycles. The summed E-state index contributed by atoms with van der Waals surface area (Å²) in [4.78, 5) is 0. The van der Waals surface area contributed by atoms with Crippen LogP contribution in [-0.2, 0) is 9.31 Å². The van der Waals surface area contributed by atoms with Crippen LogP contribution in [0.15, 0.2) is 36.4 Å². The number of hydrogen-bond donors (Lipinski definition) is 0. The van der Waals surface area contributed by atoms with Gasteiger partial charge < -0.3 is 9.31 Å². The van der Waals surface area contributed by atoms with Crippen LogP contribution >= 0.6 is 22.6 Å². The molecule has 1 aliphatic rings. The van der Waals surface area contributed by atoms with Crippen LogP contribution in [0.2, 0.25) is 0 Å². The molecule has 1 aliphatic heterocycles. The summed E-state index contributed by atoms with van der Waals surface area (Å²) in [5.74, 6) is 0. The van der Waals surface area contributed by atoms with Crippen molar-refractivity contribution in [2.45, 2.75) is 38.9 Å². The van der Waals surface area contributed by atoms with Gasteiger partial charge in [-0.1, -0.05) is 30.3 Å². The predicted octanol–water partition coefficient (Wildman–Crippen LogP) is 3.74. The Morgan fingerprint density at radius 3 is 2.60 bits per heavy atom. The van der Waals surface area contributed by atoms with Crippen LogP contribution in [0.4, 0.5) is 0 Å². The Hall–Kier alpha value is -0.585. The monoisotopic (exact) mass is 380 g/mol. The van der Waals surface area contributed by atoms with Crippen molar-refractivity contribution >= 4 is 45.9 Å². The summed E-state index contributed by atoms with van der Waals surface area (Å²) >= 11 is 2.37. The molecular weight excluding hydrogens is 362 g/mol. The molecule has 20 heavy (non-hydrogen) atoms. The van der Waals surface area contributed by atoms with E-state index in [0.717, 1.165) is 11.9 Å². The molecular formula is C16H18BIO2. The average molecular weight is 380 g/mol. The van der Waals surface area contributed by atoms with Crippen molar-refractivity contribution in [3.05, 3.63) is 40.0 Å². The maximum absolute atomic E-state index is 6.15. The van der Waals surface area contributed by atoms with Gasteiger partial charge in [0, 0.05) is 9.67 Å². The maximum Gasteiger partial charge on any atom is 0.495 e. The van der Waals surface area contributed by atoms with Crippen molar-refractivity contribution in [2.75, 3.05) is 0 Å². The van der Waals surface area contributed by atoms with E-state index in [2.05, 4.69) is 79.8 Å². The fourth-order valence-corrected chi connectivity index (χ4v) is 3.63. The Kier molecular flexibility index (Phi) is 3.82. The fraction of sp³-hybridized carbons (Fsp3) is 0.375. The topological polar surface area (TPSA) is 18.5 Å². The van der Waals surface area contributed by atoms with Gasteiger partial charge in [0.1, 0.15) is 0 Å². The summed E-state index contributed by atoms with van der Waals surface area (Å²) in [6, 6.07) is 12.7. The van der Waals surface area contributed by atoms with Gasteiger partial charge in [0.15, 0.2) is 0 Å². The summed E-state index contributed by atoms with van der Waals surface area (Å²) < 4.78 is 13.4. The fourth-order valence-electron chi connectivity index (χ4n) is 2.96. The molecule has 0 aliphatic carbocycles. The SMILES string of the molecule is CC1CC(C)(C)OB(c2cccc3c(I)cccc23)O1. The third-order valence-electron chi connectivity index (χ3n) is 3.72. The van der Waals surface area contributed by atoms with Gasteiger partial charge in [-0.3, -0.25) is 0 Å². The Labute approximate surface area is 134 Å². The molecule has 0 saturated carbocycles. The van der Waals surface area contributed by atoms with E-state index in [1.165, 1.54) is 14.3 Å². The van der Waals surface area contributed by atoms with E-state index in [-0.39, 0.29) is 18.8 Å². The second-order valence-electron chi connectivity index (χ2n) is 6.04. The van der Waals surface area contributed by atoms with E-state index in [1.54, 1.807) is 0 Å². The molecule has 0 N–H and O–H groups in total. The molecule has 0 radical (unpaired) electrons. The van der Waals surface area contributed by atoms with Crippen LogP contribution in [0, 0.1) is 3.57 Å². The Morgan fingerprint density at radius 1 is 1.15 bits per heavy atom. The third-order valence-corrected chi connectivity index (χ3v) is 4.66. The van der Waals surface area contributed by atoms with Crippen molar-refractivity contribution in [3.8, 4) is 0 Å². The number of fused-ring (bicyclic) bond motifs is 1. The molecule has 0 amide bonds. The van der Waals surface area contributed by atoms with E-state index in [0.29, 0.717) is 0 Å². The van der Waals surface area contributed by atoms with Crippen LogP contribution in [0.1, 0.15) is 27.2 Å². The average Bonchev–Trinajstić information content (AvgIpc) is 2.36. The first-order valence-corrected chi connectivity index (χ1v) is 8.04. The van der Waals surface area contributed by atoms with Gasteiger partial charge in [-0.15, -0.1) is 0 Å². The molecule has 4 heteroatoms. The molecule has 1 unspecified atom stereocenters. The second kappa shape index (κ2) is 5.32.